The summed E-state index contributed by atoms with van der Waals surface area (Å²) in [7, 11) is 1.58. The molecule has 0 amide bonds. The molecular weight excluding hydrogens is 258 g/mol. The van der Waals surface area contributed by atoms with Crippen LogP contribution in [-0.2, 0) is 4.79 Å². The van der Waals surface area contributed by atoms with Crippen molar-refractivity contribution in [1.82, 2.24) is 0 Å². The highest BCUT2D eigenvalue weighted by atomic mass is 16.6. The summed E-state index contributed by atoms with van der Waals surface area (Å²) in [6, 6.07) is 6.32. The quantitative estimate of drug-likeness (QED) is 0.385. The number of nitriles is 1. The minimum atomic E-state index is -0.514. The van der Waals surface area contributed by atoms with E-state index in [1.807, 2.05) is 6.07 Å². The van der Waals surface area contributed by atoms with E-state index in [9.17, 15) is 14.9 Å². The van der Waals surface area contributed by atoms with Crippen LogP contribution < -0.4 is 5.32 Å². The summed E-state index contributed by atoms with van der Waals surface area (Å²) in [5.74, 6) is -0.583. The van der Waals surface area contributed by atoms with E-state index in [4.69, 9.17) is 5.26 Å². The van der Waals surface area contributed by atoms with Crippen molar-refractivity contribution in [2.45, 2.75) is 13.8 Å². The first-order chi connectivity index (χ1) is 9.40. The van der Waals surface area contributed by atoms with Crippen LogP contribution in [0.15, 0.2) is 23.8 Å². The molecule has 0 aliphatic heterocycles. The van der Waals surface area contributed by atoms with E-state index in [2.05, 4.69) is 5.32 Å². The molecule has 0 spiro atoms. The van der Waals surface area contributed by atoms with E-state index in [-0.39, 0.29) is 23.0 Å². The number of nitrogens with zero attached hydrogens (tertiary/aromatic N) is 2. The van der Waals surface area contributed by atoms with Crippen molar-refractivity contribution >= 4 is 23.2 Å². The Labute approximate surface area is 116 Å². The first-order valence-corrected chi connectivity index (χ1v) is 6.03. The first kappa shape index (κ1) is 15.4. The lowest BCUT2D eigenvalue weighted by molar-refractivity contribution is -0.384. The van der Waals surface area contributed by atoms with Crippen LogP contribution in [-0.4, -0.2) is 17.8 Å². The predicted octanol–water partition coefficient (Wildman–Crippen LogP) is 2.77. The van der Waals surface area contributed by atoms with Gasteiger partial charge in [-0.05, 0) is 17.7 Å². The van der Waals surface area contributed by atoms with Crippen LogP contribution in [0.5, 0.6) is 0 Å². The maximum atomic E-state index is 11.8. The second-order valence-electron chi connectivity index (χ2n) is 4.47. The summed E-state index contributed by atoms with van der Waals surface area (Å²) in [5.41, 5.74) is 0.712. The molecule has 1 aromatic carbocycles. The summed E-state index contributed by atoms with van der Waals surface area (Å²) < 4.78 is 0. The molecule has 0 heterocycles. The van der Waals surface area contributed by atoms with Crippen molar-refractivity contribution in [1.29, 1.82) is 5.26 Å². The van der Waals surface area contributed by atoms with Gasteiger partial charge in [-0.15, -0.1) is 0 Å². The summed E-state index contributed by atoms with van der Waals surface area (Å²) in [4.78, 5) is 22.2. The lowest BCUT2D eigenvalue weighted by Crippen LogP contribution is -2.08. The molecule has 0 saturated heterocycles. The topological polar surface area (TPSA) is 96.0 Å². The molecule has 20 heavy (non-hydrogen) atoms. The zero-order chi connectivity index (χ0) is 15.3. The summed E-state index contributed by atoms with van der Waals surface area (Å²) in [6.45, 7) is 3.39. The SMILES string of the molecule is CNc1ccc(/C=C(\C#N)C(=O)C(C)C)cc1[N+](=O)[O-]. The zero-order valence-corrected chi connectivity index (χ0v) is 11.5. The molecule has 0 aliphatic carbocycles. The summed E-state index contributed by atoms with van der Waals surface area (Å²) >= 11 is 0. The molecule has 104 valence electrons. The van der Waals surface area contributed by atoms with Crippen LogP contribution in [0.25, 0.3) is 6.08 Å². The van der Waals surface area contributed by atoms with Gasteiger partial charge in [-0.2, -0.15) is 5.26 Å². The Morgan fingerprint density at radius 1 is 1.50 bits per heavy atom. The number of nitro groups is 1. The van der Waals surface area contributed by atoms with Gasteiger partial charge >= 0.3 is 0 Å². The van der Waals surface area contributed by atoms with E-state index < -0.39 is 4.92 Å². The highest BCUT2D eigenvalue weighted by Gasteiger charge is 2.16. The van der Waals surface area contributed by atoms with Gasteiger partial charge in [0.05, 0.1) is 10.5 Å². The summed E-state index contributed by atoms with van der Waals surface area (Å²) in [5, 5.41) is 22.7. The molecule has 0 aromatic heterocycles. The van der Waals surface area contributed by atoms with Crippen LogP contribution >= 0.6 is 0 Å². The Bertz CT molecular complexity index is 613. The molecule has 1 N–H and O–H groups in total. The number of nitrogens with one attached hydrogen (secondary N) is 1. The van der Waals surface area contributed by atoms with Crippen LogP contribution in [0.3, 0.4) is 0 Å². The molecular formula is C14H15N3O3. The average Bonchev–Trinajstić information content (AvgIpc) is 2.43. The average molecular weight is 273 g/mol. The number of benzene rings is 1. The smallest absolute Gasteiger partial charge is 0.292 e. The second-order valence-corrected chi connectivity index (χ2v) is 4.47. The third kappa shape index (κ3) is 3.42. The molecule has 0 atom stereocenters. The highest BCUT2D eigenvalue weighted by molar-refractivity contribution is 6.04. The van der Waals surface area contributed by atoms with Gasteiger partial charge in [0.2, 0.25) is 0 Å². The molecule has 0 radical (unpaired) electrons. The van der Waals surface area contributed by atoms with Crippen molar-refractivity contribution in [3.05, 3.63) is 39.4 Å². The molecule has 0 bridgehead atoms. The van der Waals surface area contributed by atoms with E-state index in [1.54, 1.807) is 33.0 Å². The lowest BCUT2D eigenvalue weighted by Gasteiger charge is -2.04. The van der Waals surface area contributed by atoms with Gasteiger partial charge in [-0.25, -0.2) is 0 Å². The Kier molecular flexibility index (Phi) is 4.98. The maximum absolute atomic E-state index is 11.8. The van der Waals surface area contributed by atoms with Crippen LogP contribution in [0.4, 0.5) is 11.4 Å². The molecule has 0 fully saturated rings. The molecule has 0 unspecified atom stereocenters. The summed E-state index contributed by atoms with van der Waals surface area (Å²) in [6.07, 6.45) is 1.37. The number of Topliss-reactive ketones (excluding diaryl/α,β-unsaturated/α-hetero) is 1. The highest BCUT2D eigenvalue weighted by Crippen LogP contribution is 2.26. The van der Waals surface area contributed by atoms with E-state index in [0.29, 0.717) is 11.3 Å². The number of nitro benzene ring substituents is 1. The molecule has 6 heteroatoms. The number of allylic oxidation sites excluding steroid dienone is 1. The van der Waals surface area contributed by atoms with Gasteiger partial charge in [-0.3, -0.25) is 14.9 Å². The maximum Gasteiger partial charge on any atom is 0.292 e. The van der Waals surface area contributed by atoms with Gasteiger partial charge in [0.25, 0.3) is 5.69 Å². The van der Waals surface area contributed by atoms with Crippen molar-refractivity contribution in [2.75, 3.05) is 12.4 Å². The normalized spacial score (nSPS) is 11.1. The fourth-order valence-electron chi connectivity index (χ4n) is 1.64. The number of anilines is 1. The van der Waals surface area contributed by atoms with Gasteiger partial charge in [0.1, 0.15) is 11.8 Å². The third-order valence-corrected chi connectivity index (χ3v) is 2.71. The minimum absolute atomic E-state index is 0.00787. The zero-order valence-electron chi connectivity index (χ0n) is 11.5. The van der Waals surface area contributed by atoms with E-state index in [1.165, 1.54) is 12.1 Å². The molecule has 1 rings (SSSR count). The Hall–Kier alpha value is -2.68. The molecule has 6 nitrogen and oxygen atoms in total. The Morgan fingerprint density at radius 2 is 2.15 bits per heavy atom. The van der Waals surface area contributed by atoms with Crippen molar-refractivity contribution in [2.24, 2.45) is 5.92 Å². The molecule has 1 aromatic rings. The number of rotatable bonds is 5. The van der Waals surface area contributed by atoms with E-state index in [0.717, 1.165) is 0 Å². The second kappa shape index (κ2) is 6.48. The van der Waals surface area contributed by atoms with Gasteiger partial charge in [0, 0.05) is 19.0 Å². The standard InChI is InChI=1S/C14H15N3O3/c1-9(2)14(18)11(8-15)6-10-4-5-12(16-3)13(7-10)17(19)20/h4-7,9,16H,1-3H3/b11-6+. The van der Waals surface area contributed by atoms with Gasteiger partial charge in [0.15, 0.2) is 5.78 Å². The molecule has 0 saturated carbocycles. The predicted molar refractivity (Wildman–Crippen MR) is 76.1 cm³/mol. The van der Waals surface area contributed by atoms with Crippen LogP contribution in [0, 0.1) is 27.4 Å². The number of carbonyl (C=O) groups excluding carboxylic acids is 1. The fraction of sp³-hybridized carbons (Fsp3) is 0.286. The van der Waals surface area contributed by atoms with E-state index >= 15 is 0 Å². The molecule has 0 aliphatic rings. The van der Waals surface area contributed by atoms with Crippen LogP contribution in [0.2, 0.25) is 0 Å². The lowest BCUT2D eigenvalue weighted by atomic mass is 9.99. The number of hydrogen-bond acceptors (Lipinski definition) is 5. The fourth-order valence-corrected chi connectivity index (χ4v) is 1.64. The van der Waals surface area contributed by atoms with Crippen molar-refractivity contribution in [3.8, 4) is 6.07 Å². The third-order valence-electron chi connectivity index (χ3n) is 2.71. The number of hydrogen-bond donors (Lipinski definition) is 1. The first-order valence-electron chi connectivity index (χ1n) is 6.03. The minimum Gasteiger partial charge on any atom is -0.383 e. The van der Waals surface area contributed by atoms with Gasteiger partial charge in [-0.1, -0.05) is 19.9 Å². The number of carbonyl (C=O) groups is 1. The monoisotopic (exact) mass is 273 g/mol. The number of ketones is 1. The van der Waals surface area contributed by atoms with Crippen LogP contribution in [0.1, 0.15) is 19.4 Å². The largest absolute Gasteiger partial charge is 0.383 e. The van der Waals surface area contributed by atoms with Crippen molar-refractivity contribution in [3.63, 3.8) is 0 Å². The van der Waals surface area contributed by atoms with Gasteiger partial charge < -0.3 is 5.32 Å². The Balaban J connectivity index is 3.28. The van der Waals surface area contributed by atoms with Crippen molar-refractivity contribution < 1.29 is 9.72 Å². The Morgan fingerprint density at radius 3 is 2.60 bits per heavy atom.